The molecule has 1 saturated heterocycles. The summed E-state index contributed by atoms with van der Waals surface area (Å²) in [4.78, 5) is 0. The molecule has 0 saturated carbocycles. The number of hydrogen-bond acceptors (Lipinski definition) is 4. The third-order valence-corrected chi connectivity index (χ3v) is 4.57. The summed E-state index contributed by atoms with van der Waals surface area (Å²) in [5.74, 6) is 1.92. The van der Waals surface area contributed by atoms with Crippen LogP contribution in [0.15, 0.2) is 16.5 Å². The van der Waals surface area contributed by atoms with E-state index < -0.39 is 9.84 Å². The van der Waals surface area contributed by atoms with Crippen LogP contribution in [0.2, 0.25) is 0 Å². The fourth-order valence-electron chi connectivity index (χ4n) is 1.97. The van der Waals surface area contributed by atoms with Gasteiger partial charge in [0.25, 0.3) is 0 Å². The molecule has 16 heavy (non-hydrogen) atoms. The van der Waals surface area contributed by atoms with Crippen molar-refractivity contribution in [2.24, 2.45) is 0 Å². The molecule has 1 aromatic rings. The second-order valence-electron chi connectivity index (χ2n) is 4.47. The number of nitrogens with one attached hydrogen (secondary N) is 1. The van der Waals surface area contributed by atoms with E-state index in [-0.39, 0.29) is 23.6 Å². The van der Waals surface area contributed by atoms with Gasteiger partial charge in [0.15, 0.2) is 9.84 Å². The van der Waals surface area contributed by atoms with Gasteiger partial charge in [-0.05, 0) is 32.4 Å². The summed E-state index contributed by atoms with van der Waals surface area (Å²) < 4.78 is 28.9. The van der Waals surface area contributed by atoms with Crippen LogP contribution in [-0.2, 0) is 9.84 Å². The lowest BCUT2D eigenvalue weighted by molar-refractivity contribution is 0.392. The Morgan fingerprint density at radius 2 is 2.19 bits per heavy atom. The van der Waals surface area contributed by atoms with Gasteiger partial charge in [-0.3, -0.25) is 0 Å². The number of sulfone groups is 1. The van der Waals surface area contributed by atoms with Crippen molar-refractivity contribution in [1.29, 1.82) is 0 Å². The Bertz CT molecular complexity index is 463. The van der Waals surface area contributed by atoms with Crippen molar-refractivity contribution < 1.29 is 12.8 Å². The van der Waals surface area contributed by atoms with Crippen LogP contribution in [0.4, 0.5) is 0 Å². The van der Waals surface area contributed by atoms with Gasteiger partial charge in [-0.25, -0.2) is 8.42 Å². The zero-order valence-corrected chi connectivity index (χ0v) is 10.4. The maximum Gasteiger partial charge on any atom is 0.152 e. The highest BCUT2D eigenvalue weighted by molar-refractivity contribution is 7.91. The summed E-state index contributed by atoms with van der Waals surface area (Å²) in [6, 6.07) is 3.70. The van der Waals surface area contributed by atoms with Crippen LogP contribution in [-0.4, -0.2) is 26.0 Å². The summed E-state index contributed by atoms with van der Waals surface area (Å²) in [6.45, 7) is 3.86. The van der Waals surface area contributed by atoms with E-state index in [0.29, 0.717) is 6.42 Å². The molecule has 2 rings (SSSR count). The van der Waals surface area contributed by atoms with Crippen LogP contribution < -0.4 is 5.32 Å². The average molecular weight is 243 g/mol. The Morgan fingerprint density at radius 3 is 2.81 bits per heavy atom. The minimum atomic E-state index is -2.96. The predicted molar refractivity (Wildman–Crippen MR) is 62.1 cm³/mol. The maximum absolute atomic E-state index is 11.7. The second-order valence-corrected chi connectivity index (χ2v) is 6.70. The minimum absolute atomic E-state index is 0.129. The number of furan rings is 1. The lowest BCUT2D eigenvalue weighted by atomic mass is 10.2. The van der Waals surface area contributed by atoms with Crippen LogP contribution >= 0.6 is 0 Å². The first kappa shape index (κ1) is 11.7. The van der Waals surface area contributed by atoms with Crippen molar-refractivity contribution in [2.45, 2.75) is 32.4 Å². The summed E-state index contributed by atoms with van der Waals surface area (Å²) in [6.07, 6.45) is 0.665. The zero-order valence-electron chi connectivity index (χ0n) is 9.56. The molecule has 1 aromatic heterocycles. The van der Waals surface area contributed by atoms with Crippen LogP contribution in [0, 0.1) is 6.92 Å². The van der Waals surface area contributed by atoms with Gasteiger partial charge >= 0.3 is 0 Å². The summed E-state index contributed by atoms with van der Waals surface area (Å²) >= 11 is 0. The molecular weight excluding hydrogens is 226 g/mol. The molecule has 1 aliphatic rings. The molecule has 1 fully saturated rings. The van der Waals surface area contributed by atoms with Gasteiger partial charge in [0.2, 0.25) is 0 Å². The first-order chi connectivity index (χ1) is 7.46. The van der Waals surface area contributed by atoms with E-state index in [1.807, 2.05) is 26.0 Å². The van der Waals surface area contributed by atoms with E-state index in [4.69, 9.17) is 4.42 Å². The van der Waals surface area contributed by atoms with E-state index >= 15 is 0 Å². The van der Waals surface area contributed by atoms with Crippen LogP contribution in [0.1, 0.15) is 30.9 Å². The highest BCUT2D eigenvalue weighted by Crippen LogP contribution is 2.22. The van der Waals surface area contributed by atoms with Crippen LogP contribution in [0.3, 0.4) is 0 Å². The van der Waals surface area contributed by atoms with Gasteiger partial charge in [-0.15, -0.1) is 0 Å². The van der Waals surface area contributed by atoms with Crippen LogP contribution in [0.5, 0.6) is 0 Å². The molecule has 2 atom stereocenters. The topological polar surface area (TPSA) is 59.3 Å². The van der Waals surface area contributed by atoms with E-state index in [9.17, 15) is 8.42 Å². The van der Waals surface area contributed by atoms with Gasteiger partial charge in [-0.2, -0.15) is 0 Å². The molecule has 2 unspecified atom stereocenters. The van der Waals surface area contributed by atoms with Crippen molar-refractivity contribution in [3.63, 3.8) is 0 Å². The smallest absolute Gasteiger partial charge is 0.152 e. The molecule has 5 heteroatoms. The molecular formula is C11H17NO3S. The molecule has 0 bridgehead atoms. The van der Waals surface area contributed by atoms with E-state index in [1.54, 1.807) is 0 Å². The number of rotatable bonds is 1. The highest BCUT2D eigenvalue weighted by Gasteiger charge is 2.28. The van der Waals surface area contributed by atoms with Crippen LogP contribution in [0.25, 0.3) is 0 Å². The van der Waals surface area contributed by atoms with Crippen molar-refractivity contribution >= 4 is 9.84 Å². The lowest BCUT2D eigenvalue weighted by Gasteiger charge is -2.16. The number of hydrogen-bond donors (Lipinski definition) is 1. The zero-order chi connectivity index (χ0) is 11.8. The molecule has 0 aromatic carbocycles. The van der Waals surface area contributed by atoms with E-state index in [0.717, 1.165) is 11.5 Å². The van der Waals surface area contributed by atoms with E-state index in [2.05, 4.69) is 5.32 Å². The first-order valence-corrected chi connectivity index (χ1v) is 7.31. The Morgan fingerprint density at radius 1 is 1.44 bits per heavy atom. The molecule has 2 heterocycles. The normalized spacial score (nSPS) is 29.9. The van der Waals surface area contributed by atoms with Gasteiger partial charge in [-0.1, -0.05) is 0 Å². The summed E-state index contributed by atoms with van der Waals surface area (Å²) in [7, 11) is -2.96. The third kappa shape index (κ3) is 2.65. The molecule has 0 amide bonds. The Hall–Kier alpha value is -0.810. The van der Waals surface area contributed by atoms with Crippen molar-refractivity contribution in [2.75, 3.05) is 11.5 Å². The maximum atomic E-state index is 11.7. The Labute approximate surface area is 95.9 Å². The summed E-state index contributed by atoms with van der Waals surface area (Å²) in [5.41, 5.74) is 0. The van der Waals surface area contributed by atoms with Gasteiger partial charge in [0.05, 0.1) is 17.5 Å². The largest absolute Gasteiger partial charge is 0.465 e. The fraction of sp³-hybridized carbons (Fsp3) is 0.636. The molecule has 0 aliphatic carbocycles. The van der Waals surface area contributed by atoms with Crippen molar-refractivity contribution in [3.05, 3.63) is 23.7 Å². The molecule has 0 spiro atoms. The Kier molecular flexibility index (Phi) is 3.08. The lowest BCUT2D eigenvalue weighted by Crippen LogP contribution is -2.30. The average Bonchev–Trinajstić information content (AvgIpc) is 2.55. The van der Waals surface area contributed by atoms with Gasteiger partial charge in [0, 0.05) is 6.04 Å². The molecule has 0 radical (unpaired) electrons. The van der Waals surface area contributed by atoms with Gasteiger partial charge < -0.3 is 9.73 Å². The van der Waals surface area contributed by atoms with Crippen molar-refractivity contribution in [3.8, 4) is 0 Å². The highest BCUT2D eigenvalue weighted by atomic mass is 32.2. The second kappa shape index (κ2) is 4.22. The standard InChI is InChI=1S/C11H17NO3S/c1-8-5-6-16(13,14)7-10(12-8)11-4-3-9(2)15-11/h3-4,8,10,12H,5-7H2,1-2H3. The number of aryl methyl sites for hydroxylation is 1. The molecule has 1 aliphatic heterocycles. The SMILES string of the molecule is Cc1ccc(C2CS(=O)(=O)CCC(C)N2)o1. The third-order valence-electron chi connectivity index (χ3n) is 2.87. The quantitative estimate of drug-likeness (QED) is 0.810. The minimum Gasteiger partial charge on any atom is -0.465 e. The monoisotopic (exact) mass is 243 g/mol. The van der Waals surface area contributed by atoms with Gasteiger partial charge in [0.1, 0.15) is 11.5 Å². The predicted octanol–water partition coefficient (Wildman–Crippen LogP) is 1.43. The first-order valence-electron chi connectivity index (χ1n) is 5.49. The van der Waals surface area contributed by atoms with Crippen molar-refractivity contribution in [1.82, 2.24) is 5.32 Å². The summed E-state index contributed by atoms with van der Waals surface area (Å²) in [5, 5.41) is 3.29. The molecule has 4 nitrogen and oxygen atoms in total. The molecule has 90 valence electrons. The Balaban J connectivity index is 2.25. The fourth-order valence-corrected chi connectivity index (χ4v) is 3.62. The van der Waals surface area contributed by atoms with E-state index in [1.165, 1.54) is 0 Å². The molecule has 1 N–H and O–H groups in total.